The molecule has 0 bridgehead atoms. The molecule has 1 aromatic carbocycles. The summed E-state index contributed by atoms with van der Waals surface area (Å²) in [6.07, 6.45) is 4.04. The molecule has 6 nitrogen and oxygen atoms in total. The van der Waals surface area contributed by atoms with Crippen molar-refractivity contribution in [3.05, 3.63) is 35.3 Å². The molecule has 8 heteroatoms. The molecule has 23 heavy (non-hydrogen) atoms. The van der Waals surface area contributed by atoms with Crippen molar-refractivity contribution >= 4 is 45.1 Å². The van der Waals surface area contributed by atoms with Gasteiger partial charge in [0.2, 0.25) is 0 Å². The fourth-order valence-corrected chi connectivity index (χ4v) is 4.15. The van der Waals surface area contributed by atoms with Crippen LogP contribution in [0, 0.1) is 0 Å². The number of carbonyl (C=O) groups is 1. The highest BCUT2D eigenvalue weighted by molar-refractivity contribution is 7.13. The lowest BCUT2D eigenvalue weighted by atomic mass is 10.1. The average Bonchev–Trinajstić information content (AvgIpc) is 3.31. The van der Waals surface area contributed by atoms with Crippen molar-refractivity contribution in [2.24, 2.45) is 0 Å². The van der Waals surface area contributed by atoms with Gasteiger partial charge in [-0.1, -0.05) is 0 Å². The standard InChI is InChI=1S/C15H15N5OS2/c21-14(10-3-4-12-13(8-10)19-23-18-12)17-9-11-2-1-6-20(11)15-16-5-7-22-15/h3-5,7-8,11H,1-2,6,9H2,(H,17,21)/t11-/m0/s1. The van der Waals surface area contributed by atoms with Crippen LogP contribution in [-0.2, 0) is 0 Å². The van der Waals surface area contributed by atoms with Crippen LogP contribution in [0.15, 0.2) is 29.8 Å². The fraction of sp³-hybridized carbons (Fsp3) is 0.333. The minimum atomic E-state index is -0.0640. The second-order valence-corrected chi connectivity index (χ2v) is 6.88. The Bertz CT molecular complexity index is 816. The van der Waals surface area contributed by atoms with Gasteiger partial charge in [0.15, 0.2) is 5.13 Å². The number of amides is 1. The monoisotopic (exact) mass is 345 g/mol. The Morgan fingerprint density at radius 3 is 3.13 bits per heavy atom. The minimum Gasteiger partial charge on any atom is -0.350 e. The van der Waals surface area contributed by atoms with Gasteiger partial charge in [-0.2, -0.15) is 8.75 Å². The lowest BCUT2D eigenvalue weighted by Crippen LogP contribution is -2.40. The van der Waals surface area contributed by atoms with Crippen LogP contribution in [0.2, 0.25) is 0 Å². The molecule has 1 atom stereocenters. The number of aromatic nitrogens is 3. The molecule has 0 saturated carbocycles. The lowest BCUT2D eigenvalue weighted by Gasteiger charge is -2.24. The highest BCUT2D eigenvalue weighted by Crippen LogP contribution is 2.26. The van der Waals surface area contributed by atoms with E-state index in [1.165, 1.54) is 0 Å². The van der Waals surface area contributed by atoms with Gasteiger partial charge in [0.25, 0.3) is 5.91 Å². The van der Waals surface area contributed by atoms with Crippen LogP contribution >= 0.6 is 23.1 Å². The van der Waals surface area contributed by atoms with E-state index in [0.29, 0.717) is 18.2 Å². The molecule has 1 aliphatic heterocycles. The van der Waals surface area contributed by atoms with Gasteiger partial charge >= 0.3 is 0 Å². The summed E-state index contributed by atoms with van der Waals surface area (Å²) in [5.74, 6) is -0.0640. The maximum Gasteiger partial charge on any atom is 0.251 e. The number of fused-ring (bicyclic) bond motifs is 1. The number of thiazole rings is 1. The highest BCUT2D eigenvalue weighted by atomic mass is 32.1. The third-order valence-electron chi connectivity index (χ3n) is 4.06. The molecule has 0 radical (unpaired) electrons. The number of anilines is 1. The first-order chi connectivity index (χ1) is 11.3. The quantitative estimate of drug-likeness (QED) is 0.787. The number of hydrogen-bond donors (Lipinski definition) is 1. The van der Waals surface area contributed by atoms with Crippen LogP contribution < -0.4 is 10.2 Å². The van der Waals surface area contributed by atoms with E-state index >= 15 is 0 Å². The van der Waals surface area contributed by atoms with E-state index in [0.717, 1.165) is 47.3 Å². The molecule has 1 aliphatic rings. The summed E-state index contributed by atoms with van der Waals surface area (Å²) < 4.78 is 8.33. The molecular formula is C15H15N5OS2. The normalized spacial score (nSPS) is 17.7. The van der Waals surface area contributed by atoms with Crippen molar-refractivity contribution in [1.82, 2.24) is 19.0 Å². The second kappa shape index (κ2) is 6.21. The zero-order valence-electron chi connectivity index (χ0n) is 12.3. The smallest absolute Gasteiger partial charge is 0.251 e. The average molecular weight is 345 g/mol. The third-order valence-corrected chi connectivity index (χ3v) is 5.42. The van der Waals surface area contributed by atoms with Crippen molar-refractivity contribution in [3.63, 3.8) is 0 Å². The molecule has 0 unspecified atom stereocenters. The molecule has 0 aliphatic carbocycles. The molecule has 118 valence electrons. The zero-order chi connectivity index (χ0) is 15.6. The van der Waals surface area contributed by atoms with E-state index in [4.69, 9.17) is 0 Å². The Kier molecular flexibility index (Phi) is 3.92. The lowest BCUT2D eigenvalue weighted by molar-refractivity contribution is 0.0951. The number of nitrogens with one attached hydrogen (secondary N) is 1. The summed E-state index contributed by atoms with van der Waals surface area (Å²) in [5, 5.41) is 6.07. The first kappa shape index (κ1) is 14.5. The van der Waals surface area contributed by atoms with Crippen LogP contribution in [-0.4, -0.2) is 38.8 Å². The van der Waals surface area contributed by atoms with Crippen LogP contribution in [0.4, 0.5) is 5.13 Å². The molecule has 1 amide bonds. The molecule has 4 rings (SSSR count). The molecule has 1 saturated heterocycles. The second-order valence-electron chi connectivity index (χ2n) is 5.48. The molecule has 2 aromatic heterocycles. The predicted octanol–water partition coefficient (Wildman–Crippen LogP) is 2.55. The van der Waals surface area contributed by atoms with Crippen molar-refractivity contribution in [2.45, 2.75) is 18.9 Å². The van der Waals surface area contributed by atoms with Crippen LogP contribution in [0.5, 0.6) is 0 Å². The predicted molar refractivity (Wildman–Crippen MR) is 92.2 cm³/mol. The van der Waals surface area contributed by atoms with Crippen molar-refractivity contribution in [2.75, 3.05) is 18.0 Å². The van der Waals surface area contributed by atoms with Gasteiger partial charge in [-0.3, -0.25) is 4.79 Å². The van der Waals surface area contributed by atoms with Gasteiger partial charge in [-0.15, -0.1) is 11.3 Å². The Morgan fingerprint density at radius 2 is 2.26 bits per heavy atom. The first-order valence-corrected chi connectivity index (χ1v) is 9.09. The van der Waals surface area contributed by atoms with E-state index in [2.05, 4.69) is 23.9 Å². The Morgan fingerprint density at radius 1 is 1.35 bits per heavy atom. The minimum absolute atomic E-state index is 0.0640. The van der Waals surface area contributed by atoms with Gasteiger partial charge in [0.05, 0.1) is 11.7 Å². The molecule has 0 spiro atoms. The van der Waals surface area contributed by atoms with Crippen molar-refractivity contribution in [1.29, 1.82) is 0 Å². The van der Waals surface area contributed by atoms with Crippen molar-refractivity contribution in [3.8, 4) is 0 Å². The topological polar surface area (TPSA) is 71.0 Å². The van der Waals surface area contributed by atoms with Crippen LogP contribution in [0.1, 0.15) is 23.2 Å². The first-order valence-electron chi connectivity index (χ1n) is 7.48. The van der Waals surface area contributed by atoms with Crippen LogP contribution in [0.25, 0.3) is 11.0 Å². The number of nitrogens with zero attached hydrogens (tertiary/aromatic N) is 4. The maximum absolute atomic E-state index is 12.4. The number of benzene rings is 1. The summed E-state index contributed by atoms with van der Waals surface area (Å²) in [5.41, 5.74) is 2.23. The summed E-state index contributed by atoms with van der Waals surface area (Å²) in [6, 6.07) is 5.74. The summed E-state index contributed by atoms with van der Waals surface area (Å²) in [4.78, 5) is 19.0. The molecule has 1 N–H and O–H groups in total. The van der Waals surface area contributed by atoms with Crippen molar-refractivity contribution < 1.29 is 4.79 Å². The molecular weight excluding hydrogens is 330 g/mol. The van der Waals surface area contributed by atoms with E-state index in [-0.39, 0.29) is 5.91 Å². The number of rotatable bonds is 4. The van der Waals surface area contributed by atoms with E-state index in [1.807, 2.05) is 17.6 Å². The van der Waals surface area contributed by atoms with Gasteiger partial charge < -0.3 is 10.2 Å². The van der Waals surface area contributed by atoms with E-state index in [9.17, 15) is 4.79 Å². The van der Waals surface area contributed by atoms with Gasteiger partial charge in [-0.25, -0.2) is 4.98 Å². The zero-order valence-corrected chi connectivity index (χ0v) is 13.9. The summed E-state index contributed by atoms with van der Waals surface area (Å²) >= 11 is 2.81. The van der Waals surface area contributed by atoms with Crippen LogP contribution in [0.3, 0.4) is 0 Å². The molecule has 1 fully saturated rings. The van der Waals surface area contributed by atoms with E-state index < -0.39 is 0 Å². The Balaban J connectivity index is 1.42. The Labute approximate surface area is 141 Å². The van der Waals surface area contributed by atoms with E-state index in [1.54, 1.807) is 23.5 Å². The maximum atomic E-state index is 12.4. The number of carbonyl (C=O) groups excluding carboxylic acids is 1. The SMILES string of the molecule is O=C(NC[C@@H]1CCCN1c1nccs1)c1ccc2nsnc2c1. The molecule has 3 aromatic rings. The fourth-order valence-electron chi connectivity index (χ4n) is 2.89. The van der Waals surface area contributed by atoms with Gasteiger partial charge in [0.1, 0.15) is 11.0 Å². The van der Waals surface area contributed by atoms with Gasteiger partial charge in [-0.05, 0) is 31.0 Å². The van der Waals surface area contributed by atoms with Gasteiger partial charge in [0, 0.05) is 36.3 Å². The number of hydrogen-bond acceptors (Lipinski definition) is 7. The molecule has 3 heterocycles. The summed E-state index contributed by atoms with van der Waals surface area (Å²) in [6.45, 7) is 1.64. The summed E-state index contributed by atoms with van der Waals surface area (Å²) in [7, 11) is 0. The third kappa shape index (κ3) is 2.91. The largest absolute Gasteiger partial charge is 0.350 e. The Hall–Kier alpha value is -2.06. The highest BCUT2D eigenvalue weighted by Gasteiger charge is 2.26.